The Bertz CT molecular complexity index is 1430. The summed E-state index contributed by atoms with van der Waals surface area (Å²) < 4.78 is 23.7. The summed E-state index contributed by atoms with van der Waals surface area (Å²) in [5.74, 6) is 1.69. The summed E-state index contributed by atoms with van der Waals surface area (Å²) >= 11 is 3.63. The summed E-state index contributed by atoms with van der Waals surface area (Å²) in [6.07, 6.45) is 0. The molecule has 4 nitrogen and oxygen atoms in total. The number of fused-ring (bicyclic) bond motifs is 6. The van der Waals surface area contributed by atoms with Crippen LogP contribution in [0.4, 0.5) is 0 Å². The van der Waals surface area contributed by atoms with E-state index in [0.717, 1.165) is 11.5 Å². The van der Waals surface area contributed by atoms with Crippen molar-refractivity contribution in [3.63, 3.8) is 0 Å². The van der Waals surface area contributed by atoms with Gasteiger partial charge in [0.25, 0.3) is 0 Å². The van der Waals surface area contributed by atoms with Crippen LogP contribution in [0, 0.1) is 0 Å². The lowest BCUT2D eigenvalue weighted by molar-refractivity contribution is 0.0273. The fraction of sp³-hybridized carbons (Fsp3) is 0.188. The fourth-order valence-corrected chi connectivity index (χ4v) is 7.26. The highest BCUT2D eigenvalue weighted by atomic mass is 32.2. The average Bonchev–Trinajstić information content (AvgIpc) is 2.95. The summed E-state index contributed by atoms with van der Waals surface area (Å²) in [6, 6.07) is 30.3. The summed E-state index contributed by atoms with van der Waals surface area (Å²) in [7, 11) is 0. The molecule has 3 aliphatic rings. The lowest BCUT2D eigenvalue weighted by atomic mass is 9.85. The molecule has 0 saturated heterocycles. The molecule has 0 spiro atoms. The van der Waals surface area contributed by atoms with E-state index in [-0.39, 0.29) is 0 Å². The lowest BCUT2D eigenvalue weighted by Gasteiger charge is -2.30. The lowest BCUT2D eigenvalue weighted by Crippen LogP contribution is -2.14. The van der Waals surface area contributed by atoms with E-state index in [1.165, 1.54) is 53.0 Å². The number of hydrogen-bond donors (Lipinski definition) is 0. The molecule has 0 unspecified atom stereocenters. The van der Waals surface area contributed by atoms with Crippen LogP contribution in [0.1, 0.15) is 22.3 Å². The van der Waals surface area contributed by atoms with E-state index in [4.69, 9.17) is 18.9 Å². The second kappa shape index (κ2) is 10.5. The number of rotatable bonds is 0. The minimum Gasteiger partial charge on any atom is -0.491 e. The van der Waals surface area contributed by atoms with E-state index in [0.29, 0.717) is 39.6 Å². The minimum atomic E-state index is 0.489. The van der Waals surface area contributed by atoms with Gasteiger partial charge in [-0.25, -0.2) is 0 Å². The van der Waals surface area contributed by atoms with Gasteiger partial charge in [0, 0.05) is 30.7 Å². The molecule has 7 rings (SSSR count). The molecule has 0 aliphatic carbocycles. The monoisotopic (exact) mass is 538 g/mol. The highest BCUT2D eigenvalue weighted by molar-refractivity contribution is 8.00. The Morgan fingerprint density at radius 2 is 0.842 bits per heavy atom. The zero-order chi connectivity index (χ0) is 25.3. The average molecular weight is 539 g/mol. The Hall–Kier alpha value is -3.16. The van der Waals surface area contributed by atoms with Crippen LogP contribution in [-0.2, 0) is 9.47 Å². The second-order valence-corrected chi connectivity index (χ2v) is 11.4. The van der Waals surface area contributed by atoms with Crippen LogP contribution >= 0.6 is 23.5 Å². The van der Waals surface area contributed by atoms with Crippen molar-refractivity contribution in [1.29, 1.82) is 0 Å². The molecule has 0 atom stereocenters. The molecule has 0 aromatic heterocycles. The molecule has 190 valence electrons. The Morgan fingerprint density at radius 1 is 0.421 bits per heavy atom. The first-order valence-electron chi connectivity index (χ1n) is 12.8. The van der Waals surface area contributed by atoms with E-state index >= 15 is 0 Å². The Kier molecular flexibility index (Phi) is 6.64. The van der Waals surface area contributed by atoms with E-state index in [1.807, 2.05) is 23.5 Å². The topological polar surface area (TPSA) is 36.9 Å². The van der Waals surface area contributed by atoms with Crippen LogP contribution in [-0.4, -0.2) is 39.6 Å². The predicted octanol–water partition coefficient (Wildman–Crippen LogP) is 7.43. The molecule has 0 amide bonds. The van der Waals surface area contributed by atoms with Crippen molar-refractivity contribution in [1.82, 2.24) is 0 Å². The quantitative estimate of drug-likeness (QED) is 0.200. The molecule has 4 aromatic carbocycles. The molecule has 0 N–H and O–H groups in total. The minimum absolute atomic E-state index is 0.489. The molecule has 0 fully saturated rings. The number of benzene rings is 4. The molecule has 0 saturated carbocycles. The van der Waals surface area contributed by atoms with Gasteiger partial charge in [-0.2, -0.15) is 0 Å². The summed E-state index contributed by atoms with van der Waals surface area (Å²) in [5.41, 5.74) is 7.31. The Balaban J connectivity index is 1.50. The number of ether oxygens (including phenoxy) is 4. The van der Waals surface area contributed by atoms with E-state index in [1.54, 1.807) is 0 Å². The van der Waals surface area contributed by atoms with Crippen LogP contribution < -0.4 is 9.47 Å². The molecule has 0 radical (unpaired) electrons. The van der Waals surface area contributed by atoms with Gasteiger partial charge in [-0.05, 0) is 70.8 Å². The first-order valence-corrected chi connectivity index (χ1v) is 14.5. The zero-order valence-electron chi connectivity index (χ0n) is 20.8. The maximum absolute atomic E-state index is 6.15. The van der Waals surface area contributed by atoms with Crippen LogP contribution in [0.3, 0.4) is 0 Å². The third kappa shape index (κ3) is 4.52. The SMILES string of the molecule is c1ccc2c(c1)Sc1ccc3cc1C2=C1c2ccccc2Sc2ccc(cc21)OCCOCCOCCO3. The maximum Gasteiger partial charge on any atom is 0.120 e. The normalized spacial score (nSPS) is 16.7. The maximum atomic E-state index is 6.15. The summed E-state index contributed by atoms with van der Waals surface area (Å²) in [6.45, 7) is 3.08. The van der Waals surface area contributed by atoms with Gasteiger partial charge in [0.05, 0.1) is 26.4 Å². The van der Waals surface area contributed by atoms with Crippen molar-refractivity contribution >= 4 is 34.7 Å². The van der Waals surface area contributed by atoms with Gasteiger partial charge in [0.1, 0.15) is 24.7 Å². The molecular weight excluding hydrogens is 512 g/mol. The third-order valence-corrected chi connectivity index (χ3v) is 9.11. The van der Waals surface area contributed by atoms with Crippen molar-refractivity contribution in [2.24, 2.45) is 0 Å². The van der Waals surface area contributed by atoms with Crippen molar-refractivity contribution in [2.75, 3.05) is 39.6 Å². The first-order chi connectivity index (χ1) is 18.8. The smallest absolute Gasteiger partial charge is 0.120 e. The van der Waals surface area contributed by atoms with E-state index < -0.39 is 0 Å². The van der Waals surface area contributed by atoms with Crippen molar-refractivity contribution in [3.05, 3.63) is 107 Å². The van der Waals surface area contributed by atoms with Crippen molar-refractivity contribution < 1.29 is 18.9 Å². The highest BCUT2D eigenvalue weighted by Gasteiger charge is 2.30. The van der Waals surface area contributed by atoms with Crippen LogP contribution in [0.25, 0.3) is 11.1 Å². The molecule has 3 heterocycles. The Morgan fingerprint density at radius 3 is 1.34 bits per heavy atom. The molecule has 38 heavy (non-hydrogen) atoms. The molecule has 4 bridgehead atoms. The number of hydrogen-bond acceptors (Lipinski definition) is 6. The van der Waals surface area contributed by atoms with Crippen molar-refractivity contribution in [2.45, 2.75) is 19.6 Å². The fourth-order valence-electron chi connectivity index (χ4n) is 5.12. The summed E-state index contributed by atoms with van der Waals surface area (Å²) in [5, 5.41) is 0. The van der Waals surface area contributed by atoms with Gasteiger partial charge in [-0.3, -0.25) is 0 Å². The van der Waals surface area contributed by atoms with Gasteiger partial charge in [0.15, 0.2) is 0 Å². The summed E-state index contributed by atoms with van der Waals surface area (Å²) in [4.78, 5) is 4.97. The van der Waals surface area contributed by atoms with E-state index in [9.17, 15) is 0 Å². The molecule has 6 heteroatoms. The third-order valence-electron chi connectivity index (χ3n) is 6.81. The van der Waals surface area contributed by atoms with Gasteiger partial charge in [-0.15, -0.1) is 0 Å². The van der Waals surface area contributed by atoms with Gasteiger partial charge >= 0.3 is 0 Å². The molecule has 3 aliphatic heterocycles. The standard InChI is InChI=1S/C32H26O4S2/c1-3-7-27-23(5-1)31-25-19-21(9-11-29(25)37-27)35-17-15-33-13-14-34-16-18-36-22-10-12-30-26(20-22)32(31)24-6-2-4-8-28(24)38-30/h1-12,19-20H,13-18H2. The van der Waals surface area contributed by atoms with Crippen LogP contribution in [0.5, 0.6) is 11.5 Å². The van der Waals surface area contributed by atoms with Gasteiger partial charge in [-0.1, -0.05) is 59.9 Å². The van der Waals surface area contributed by atoms with Crippen LogP contribution in [0.15, 0.2) is 105 Å². The van der Waals surface area contributed by atoms with Crippen molar-refractivity contribution in [3.8, 4) is 11.5 Å². The van der Waals surface area contributed by atoms with Gasteiger partial charge < -0.3 is 18.9 Å². The largest absolute Gasteiger partial charge is 0.491 e. The molecule has 4 aromatic rings. The second-order valence-electron chi connectivity index (χ2n) is 9.18. The molecular formula is C32H26O4S2. The van der Waals surface area contributed by atoms with E-state index in [2.05, 4.69) is 84.9 Å². The first kappa shape index (κ1) is 23.9. The Labute approximate surface area is 231 Å². The van der Waals surface area contributed by atoms with Crippen LogP contribution in [0.2, 0.25) is 0 Å². The predicted molar refractivity (Wildman–Crippen MR) is 152 cm³/mol. The highest BCUT2D eigenvalue weighted by Crippen LogP contribution is 2.54. The zero-order valence-corrected chi connectivity index (χ0v) is 22.4. The van der Waals surface area contributed by atoms with Gasteiger partial charge in [0.2, 0.25) is 0 Å².